The van der Waals surface area contributed by atoms with Crippen LogP contribution in [0, 0.1) is 12.7 Å². The molecular formula is C17H19FN2O3S. The summed E-state index contributed by atoms with van der Waals surface area (Å²) in [5.74, 6) is -0.586. The van der Waals surface area contributed by atoms with Crippen LogP contribution in [0.25, 0.3) is 0 Å². The number of morpholine rings is 1. The monoisotopic (exact) mass is 350 g/mol. The van der Waals surface area contributed by atoms with E-state index in [1.807, 2.05) is 19.1 Å². The number of rotatable bonds is 4. The lowest BCUT2D eigenvalue weighted by Gasteiger charge is -2.29. The van der Waals surface area contributed by atoms with E-state index in [-0.39, 0.29) is 4.90 Å². The smallest absolute Gasteiger partial charge is 0.262 e. The van der Waals surface area contributed by atoms with Gasteiger partial charge >= 0.3 is 0 Å². The molecule has 0 saturated carbocycles. The third-order valence-corrected chi connectivity index (χ3v) is 5.30. The molecule has 0 spiro atoms. The van der Waals surface area contributed by atoms with Crippen LogP contribution in [-0.2, 0) is 14.8 Å². The molecule has 1 saturated heterocycles. The van der Waals surface area contributed by atoms with Gasteiger partial charge in [0.1, 0.15) is 5.82 Å². The third kappa shape index (κ3) is 3.68. The molecule has 1 N–H and O–H groups in total. The van der Waals surface area contributed by atoms with Crippen LogP contribution < -0.4 is 9.62 Å². The topological polar surface area (TPSA) is 58.6 Å². The maximum atomic E-state index is 13.3. The maximum absolute atomic E-state index is 13.3. The van der Waals surface area contributed by atoms with Gasteiger partial charge in [-0.2, -0.15) is 0 Å². The molecular weight excluding hydrogens is 331 g/mol. The van der Waals surface area contributed by atoms with Crippen molar-refractivity contribution in [1.29, 1.82) is 0 Å². The van der Waals surface area contributed by atoms with Gasteiger partial charge < -0.3 is 9.64 Å². The molecule has 0 radical (unpaired) electrons. The fourth-order valence-corrected chi connectivity index (χ4v) is 3.78. The molecule has 2 aromatic rings. The van der Waals surface area contributed by atoms with Crippen molar-refractivity contribution in [2.45, 2.75) is 11.8 Å². The highest BCUT2D eigenvalue weighted by Gasteiger charge is 2.17. The van der Waals surface area contributed by atoms with Gasteiger partial charge in [0.15, 0.2) is 0 Å². The van der Waals surface area contributed by atoms with Gasteiger partial charge in [-0.1, -0.05) is 6.07 Å². The molecule has 0 aromatic heterocycles. The molecule has 1 aliphatic heterocycles. The predicted octanol–water partition coefficient (Wildman–Crippen LogP) is 2.77. The average Bonchev–Trinajstić information content (AvgIpc) is 2.57. The normalized spacial score (nSPS) is 15.3. The highest BCUT2D eigenvalue weighted by molar-refractivity contribution is 7.92. The average molecular weight is 350 g/mol. The van der Waals surface area contributed by atoms with Gasteiger partial charge in [0.25, 0.3) is 10.0 Å². The van der Waals surface area contributed by atoms with Crippen molar-refractivity contribution in [2.24, 2.45) is 0 Å². The standard InChI is InChI=1S/C17H19FN2O3S/c1-13-11-15(20-7-9-23-10-8-20)5-6-17(13)19-24(21,22)16-4-2-3-14(18)12-16/h2-6,11-12,19H,7-10H2,1H3. The Labute approximate surface area is 141 Å². The van der Waals surface area contributed by atoms with Gasteiger partial charge in [0, 0.05) is 18.8 Å². The highest BCUT2D eigenvalue weighted by Crippen LogP contribution is 2.25. The Morgan fingerprint density at radius 2 is 1.88 bits per heavy atom. The summed E-state index contributed by atoms with van der Waals surface area (Å²) in [4.78, 5) is 2.10. The number of hydrogen-bond acceptors (Lipinski definition) is 4. The van der Waals surface area contributed by atoms with Crippen LogP contribution in [0.2, 0.25) is 0 Å². The Kier molecular flexibility index (Phi) is 4.73. The predicted molar refractivity (Wildman–Crippen MR) is 91.4 cm³/mol. The molecule has 0 atom stereocenters. The first-order chi connectivity index (χ1) is 11.5. The van der Waals surface area contributed by atoms with Gasteiger partial charge in [-0.05, 0) is 48.9 Å². The van der Waals surface area contributed by atoms with E-state index < -0.39 is 15.8 Å². The Bertz CT molecular complexity index is 833. The highest BCUT2D eigenvalue weighted by atomic mass is 32.2. The zero-order valence-electron chi connectivity index (χ0n) is 13.3. The van der Waals surface area contributed by atoms with E-state index in [0.29, 0.717) is 18.9 Å². The maximum Gasteiger partial charge on any atom is 0.262 e. The van der Waals surface area contributed by atoms with Gasteiger partial charge in [-0.3, -0.25) is 4.72 Å². The molecule has 1 fully saturated rings. The minimum Gasteiger partial charge on any atom is -0.378 e. The van der Waals surface area contributed by atoms with Crippen molar-refractivity contribution in [3.8, 4) is 0 Å². The largest absolute Gasteiger partial charge is 0.378 e. The lowest BCUT2D eigenvalue weighted by Crippen LogP contribution is -2.36. The van der Waals surface area contributed by atoms with E-state index in [0.717, 1.165) is 30.4 Å². The molecule has 0 aliphatic carbocycles. The minimum atomic E-state index is -3.82. The summed E-state index contributed by atoms with van der Waals surface area (Å²) in [6.07, 6.45) is 0. The summed E-state index contributed by atoms with van der Waals surface area (Å²) in [6, 6.07) is 10.5. The summed E-state index contributed by atoms with van der Waals surface area (Å²) < 4.78 is 45.9. The fraction of sp³-hybridized carbons (Fsp3) is 0.294. The van der Waals surface area contributed by atoms with E-state index in [1.54, 1.807) is 6.07 Å². The first kappa shape index (κ1) is 16.7. The minimum absolute atomic E-state index is 0.0980. The van der Waals surface area contributed by atoms with Crippen LogP contribution in [0.15, 0.2) is 47.4 Å². The van der Waals surface area contributed by atoms with Crippen LogP contribution in [0.3, 0.4) is 0 Å². The summed E-state index contributed by atoms with van der Waals surface area (Å²) in [7, 11) is -3.82. The Morgan fingerprint density at radius 3 is 2.54 bits per heavy atom. The number of aryl methyl sites for hydroxylation is 1. The van der Waals surface area contributed by atoms with Crippen molar-refractivity contribution in [3.05, 3.63) is 53.8 Å². The zero-order valence-corrected chi connectivity index (χ0v) is 14.1. The summed E-state index contributed by atoms with van der Waals surface area (Å²) in [5, 5.41) is 0. The van der Waals surface area contributed by atoms with E-state index in [9.17, 15) is 12.8 Å². The van der Waals surface area contributed by atoms with Crippen LogP contribution in [-0.4, -0.2) is 34.7 Å². The molecule has 1 heterocycles. The molecule has 5 nitrogen and oxygen atoms in total. The number of nitrogens with zero attached hydrogens (tertiary/aromatic N) is 1. The molecule has 7 heteroatoms. The summed E-state index contributed by atoms with van der Waals surface area (Å²) in [5.41, 5.74) is 2.32. The Balaban J connectivity index is 1.82. The molecule has 0 amide bonds. The Hall–Kier alpha value is -2.12. The number of ether oxygens (including phenoxy) is 1. The SMILES string of the molecule is Cc1cc(N2CCOCC2)ccc1NS(=O)(=O)c1cccc(F)c1. The third-order valence-electron chi connectivity index (χ3n) is 3.94. The number of nitrogens with one attached hydrogen (secondary N) is 1. The van der Waals surface area contributed by atoms with Crippen LogP contribution in [0.4, 0.5) is 15.8 Å². The first-order valence-electron chi connectivity index (χ1n) is 7.67. The number of benzene rings is 2. The molecule has 128 valence electrons. The Morgan fingerprint density at radius 1 is 1.12 bits per heavy atom. The number of anilines is 2. The second-order valence-corrected chi connectivity index (χ2v) is 7.34. The molecule has 0 unspecified atom stereocenters. The van der Waals surface area contributed by atoms with Crippen molar-refractivity contribution in [3.63, 3.8) is 0 Å². The first-order valence-corrected chi connectivity index (χ1v) is 9.16. The second kappa shape index (κ2) is 6.78. The number of sulfonamides is 1. The van der Waals surface area contributed by atoms with Crippen molar-refractivity contribution in [1.82, 2.24) is 0 Å². The fourth-order valence-electron chi connectivity index (χ4n) is 2.62. The van der Waals surface area contributed by atoms with Crippen LogP contribution in [0.1, 0.15) is 5.56 Å². The second-order valence-electron chi connectivity index (χ2n) is 5.66. The zero-order chi connectivity index (χ0) is 17.2. The molecule has 1 aliphatic rings. The lowest BCUT2D eigenvalue weighted by atomic mass is 10.1. The van der Waals surface area contributed by atoms with Gasteiger partial charge in [-0.15, -0.1) is 0 Å². The van der Waals surface area contributed by atoms with E-state index in [4.69, 9.17) is 4.74 Å². The molecule has 3 rings (SSSR count). The van der Waals surface area contributed by atoms with Gasteiger partial charge in [-0.25, -0.2) is 12.8 Å². The number of hydrogen-bond donors (Lipinski definition) is 1. The van der Waals surface area contributed by atoms with E-state index in [1.165, 1.54) is 18.2 Å². The van der Waals surface area contributed by atoms with Gasteiger partial charge in [0.2, 0.25) is 0 Å². The van der Waals surface area contributed by atoms with Crippen LogP contribution in [0.5, 0.6) is 0 Å². The quantitative estimate of drug-likeness (QED) is 0.921. The summed E-state index contributed by atoms with van der Waals surface area (Å²) >= 11 is 0. The van der Waals surface area contributed by atoms with Gasteiger partial charge in [0.05, 0.1) is 23.8 Å². The molecule has 24 heavy (non-hydrogen) atoms. The molecule has 2 aromatic carbocycles. The van der Waals surface area contributed by atoms with Crippen LogP contribution >= 0.6 is 0 Å². The number of halogens is 1. The molecule has 0 bridgehead atoms. The van der Waals surface area contributed by atoms with Crippen molar-refractivity contribution >= 4 is 21.4 Å². The summed E-state index contributed by atoms with van der Waals surface area (Å²) in [6.45, 7) is 4.84. The lowest BCUT2D eigenvalue weighted by molar-refractivity contribution is 0.122. The van der Waals surface area contributed by atoms with E-state index in [2.05, 4.69) is 9.62 Å². The van der Waals surface area contributed by atoms with E-state index >= 15 is 0 Å². The van der Waals surface area contributed by atoms with Crippen molar-refractivity contribution < 1.29 is 17.5 Å². The van der Waals surface area contributed by atoms with Crippen molar-refractivity contribution in [2.75, 3.05) is 35.9 Å².